The Morgan fingerprint density at radius 1 is 1.33 bits per heavy atom. The van der Waals surface area contributed by atoms with Gasteiger partial charge in [-0.1, -0.05) is 13.3 Å². The lowest BCUT2D eigenvalue weighted by atomic mass is 10.1. The average molecular weight is 170 g/mol. The first-order chi connectivity index (χ1) is 5.85. The van der Waals surface area contributed by atoms with E-state index in [1.165, 1.54) is 25.7 Å². The van der Waals surface area contributed by atoms with Crippen molar-refractivity contribution in [2.45, 2.75) is 44.8 Å². The van der Waals surface area contributed by atoms with Crippen LogP contribution in [0, 0.1) is 11.8 Å². The Kier molecular flexibility index (Phi) is 2.37. The van der Waals surface area contributed by atoms with E-state index in [1.54, 1.807) is 0 Å². The molecule has 1 aliphatic heterocycles. The molecule has 12 heavy (non-hydrogen) atoms. The minimum atomic E-state index is 0.385. The van der Waals surface area contributed by atoms with Crippen molar-refractivity contribution in [3.8, 4) is 0 Å². The molecule has 0 spiro atoms. The Morgan fingerprint density at radius 3 is 2.75 bits per heavy atom. The molecule has 0 aromatic heterocycles. The van der Waals surface area contributed by atoms with Crippen molar-refractivity contribution < 1.29 is 9.84 Å². The molecule has 0 aromatic carbocycles. The maximum absolute atomic E-state index is 8.84. The summed E-state index contributed by atoms with van der Waals surface area (Å²) >= 11 is 0. The third-order valence-electron chi connectivity index (χ3n) is 3.10. The summed E-state index contributed by atoms with van der Waals surface area (Å²) in [4.78, 5) is 0. The Morgan fingerprint density at radius 2 is 2.17 bits per heavy atom. The first-order valence-electron chi connectivity index (χ1n) is 5.11. The second kappa shape index (κ2) is 3.35. The molecule has 0 amide bonds. The zero-order valence-electron chi connectivity index (χ0n) is 7.70. The first-order valence-corrected chi connectivity index (χ1v) is 5.11. The lowest BCUT2D eigenvalue weighted by Gasteiger charge is -1.92. The van der Waals surface area contributed by atoms with Crippen LogP contribution in [0.5, 0.6) is 0 Å². The number of aliphatic hydroxyl groups is 1. The number of ether oxygens (including phenoxy) is 1. The molecule has 0 bridgehead atoms. The smallest absolute Gasteiger partial charge is 0.0844 e. The first kappa shape index (κ1) is 8.52. The van der Waals surface area contributed by atoms with Crippen molar-refractivity contribution in [1.29, 1.82) is 0 Å². The summed E-state index contributed by atoms with van der Waals surface area (Å²) in [6.45, 7) is 2.59. The van der Waals surface area contributed by atoms with Crippen LogP contribution in [0.3, 0.4) is 0 Å². The highest BCUT2D eigenvalue weighted by Crippen LogP contribution is 2.46. The Labute approximate surface area is 73.9 Å². The van der Waals surface area contributed by atoms with Gasteiger partial charge in [-0.25, -0.2) is 0 Å². The average Bonchev–Trinajstić information content (AvgIpc) is 2.93. The van der Waals surface area contributed by atoms with Gasteiger partial charge in [0, 0.05) is 6.61 Å². The quantitative estimate of drug-likeness (QED) is 0.635. The van der Waals surface area contributed by atoms with E-state index >= 15 is 0 Å². The fourth-order valence-electron chi connectivity index (χ4n) is 2.05. The van der Waals surface area contributed by atoms with Crippen LogP contribution in [0.4, 0.5) is 0 Å². The number of rotatable bonds is 5. The summed E-state index contributed by atoms with van der Waals surface area (Å²) in [6.07, 6.45) is 6.00. The predicted molar refractivity (Wildman–Crippen MR) is 46.9 cm³/mol. The van der Waals surface area contributed by atoms with Gasteiger partial charge in [0.2, 0.25) is 0 Å². The van der Waals surface area contributed by atoms with Crippen molar-refractivity contribution in [3.63, 3.8) is 0 Å². The number of hydrogen-bond acceptors (Lipinski definition) is 2. The largest absolute Gasteiger partial charge is 0.396 e. The van der Waals surface area contributed by atoms with Crippen LogP contribution >= 0.6 is 0 Å². The standard InChI is InChI=1S/C10H18O2/c1-2-3-9-10(12-9)5-7-4-8(7)6-11/h7-11H,2-6H2,1H3. The van der Waals surface area contributed by atoms with E-state index < -0.39 is 0 Å². The highest BCUT2D eigenvalue weighted by Gasteiger charge is 2.45. The van der Waals surface area contributed by atoms with Gasteiger partial charge in [0.15, 0.2) is 0 Å². The molecule has 2 heteroatoms. The van der Waals surface area contributed by atoms with Crippen molar-refractivity contribution in [2.75, 3.05) is 6.61 Å². The fraction of sp³-hybridized carbons (Fsp3) is 1.00. The van der Waals surface area contributed by atoms with Gasteiger partial charge in [0.25, 0.3) is 0 Å². The Balaban J connectivity index is 1.59. The molecular weight excluding hydrogens is 152 g/mol. The minimum absolute atomic E-state index is 0.385. The second-order valence-corrected chi connectivity index (χ2v) is 4.18. The summed E-state index contributed by atoms with van der Waals surface area (Å²) in [7, 11) is 0. The van der Waals surface area contributed by atoms with Gasteiger partial charge in [0.1, 0.15) is 0 Å². The van der Waals surface area contributed by atoms with Gasteiger partial charge in [-0.05, 0) is 31.1 Å². The summed E-state index contributed by atoms with van der Waals surface area (Å²) in [5, 5.41) is 8.84. The van der Waals surface area contributed by atoms with Gasteiger partial charge >= 0.3 is 0 Å². The van der Waals surface area contributed by atoms with Crippen molar-refractivity contribution in [2.24, 2.45) is 11.8 Å². The predicted octanol–water partition coefficient (Wildman–Crippen LogP) is 1.57. The molecule has 1 aliphatic carbocycles. The SMILES string of the molecule is CCCC1OC1CC1CC1CO. The van der Waals surface area contributed by atoms with Gasteiger partial charge in [-0.2, -0.15) is 0 Å². The van der Waals surface area contributed by atoms with Crippen LogP contribution in [0.2, 0.25) is 0 Å². The van der Waals surface area contributed by atoms with Crippen LogP contribution in [-0.4, -0.2) is 23.9 Å². The topological polar surface area (TPSA) is 32.8 Å². The van der Waals surface area contributed by atoms with E-state index in [-0.39, 0.29) is 0 Å². The van der Waals surface area contributed by atoms with Crippen molar-refractivity contribution >= 4 is 0 Å². The molecule has 4 unspecified atom stereocenters. The summed E-state index contributed by atoms with van der Waals surface area (Å²) in [6, 6.07) is 0. The van der Waals surface area contributed by atoms with Crippen molar-refractivity contribution in [1.82, 2.24) is 0 Å². The lowest BCUT2D eigenvalue weighted by Crippen LogP contribution is -1.97. The molecule has 1 heterocycles. The third-order valence-corrected chi connectivity index (χ3v) is 3.10. The lowest BCUT2D eigenvalue weighted by molar-refractivity contribution is 0.264. The van der Waals surface area contributed by atoms with E-state index in [1.807, 2.05) is 0 Å². The number of aliphatic hydroxyl groups excluding tert-OH is 1. The minimum Gasteiger partial charge on any atom is -0.396 e. The van der Waals surface area contributed by atoms with Gasteiger partial charge in [-0.3, -0.25) is 0 Å². The van der Waals surface area contributed by atoms with Gasteiger partial charge in [0.05, 0.1) is 12.2 Å². The fourth-order valence-corrected chi connectivity index (χ4v) is 2.05. The molecule has 4 atom stereocenters. The van der Waals surface area contributed by atoms with E-state index in [2.05, 4.69) is 6.92 Å². The van der Waals surface area contributed by atoms with E-state index in [0.29, 0.717) is 24.7 Å². The van der Waals surface area contributed by atoms with Gasteiger partial charge < -0.3 is 9.84 Å². The number of hydrogen-bond donors (Lipinski definition) is 1. The highest BCUT2D eigenvalue weighted by atomic mass is 16.6. The molecule has 2 aliphatic rings. The third kappa shape index (κ3) is 1.80. The van der Waals surface area contributed by atoms with E-state index in [9.17, 15) is 0 Å². The van der Waals surface area contributed by atoms with E-state index in [0.717, 1.165) is 5.92 Å². The van der Waals surface area contributed by atoms with Crippen LogP contribution < -0.4 is 0 Å². The second-order valence-electron chi connectivity index (χ2n) is 4.18. The summed E-state index contributed by atoms with van der Waals surface area (Å²) < 4.78 is 5.52. The van der Waals surface area contributed by atoms with Crippen LogP contribution in [0.1, 0.15) is 32.6 Å². The van der Waals surface area contributed by atoms with Crippen molar-refractivity contribution in [3.05, 3.63) is 0 Å². The molecule has 1 saturated carbocycles. The molecule has 1 saturated heterocycles. The maximum atomic E-state index is 8.84. The summed E-state index contributed by atoms with van der Waals surface area (Å²) in [5.41, 5.74) is 0. The molecule has 70 valence electrons. The summed E-state index contributed by atoms with van der Waals surface area (Å²) in [5.74, 6) is 1.39. The highest BCUT2D eigenvalue weighted by molar-refractivity contribution is 4.94. The van der Waals surface area contributed by atoms with Gasteiger partial charge in [-0.15, -0.1) is 0 Å². The zero-order valence-corrected chi connectivity index (χ0v) is 7.70. The molecule has 2 fully saturated rings. The van der Waals surface area contributed by atoms with E-state index in [4.69, 9.17) is 9.84 Å². The monoisotopic (exact) mass is 170 g/mol. The Hall–Kier alpha value is -0.0800. The van der Waals surface area contributed by atoms with Crippen LogP contribution in [0.15, 0.2) is 0 Å². The normalized spacial score (nSPS) is 44.5. The maximum Gasteiger partial charge on any atom is 0.0844 e. The zero-order chi connectivity index (χ0) is 8.55. The molecular formula is C10H18O2. The molecule has 2 nitrogen and oxygen atoms in total. The molecule has 0 radical (unpaired) electrons. The molecule has 2 rings (SSSR count). The Bertz CT molecular complexity index is 158. The molecule has 1 N–H and O–H groups in total. The molecule has 0 aromatic rings. The number of epoxide rings is 1. The van der Waals surface area contributed by atoms with Crippen LogP contribution in [0.25, 0.3) is 0 Å². The van der Waals surface area contributed by atoms with Crippen LogP contribution in [-0.2, 0) is 4.74 Å².